The average molecular weight is 390 g/mol. The van der Waals surface area contributed by atoms with Gasteiger partial charge in [0.15, 0.2) is 0 Å². The van der Waals surface area contributed by atoms with Gasteiger partial charge in [-0.3, -0.25) is 9.59 Å². The normalized spacial score (nSPS) is 16.7. The van der Waals surface area contributed by atoms with E-state index in [0.29, 0.717) is 17.0 Å². The van der Waals surface area contributed by atoms with Gasteiger partial charge in [-0.05, 0) is 56.1 Å². The van der Waals surface area contributed by atoms with Crippen LogP contribution in [-0.4, -0.2) is 24.9 Å². The van der Waals surface area contributed by atoms with E-state index in [1.54, 1.807) is 13.0 Å². The molecule has 8 heteroatoms. The Hall–Kier alpha value is -2.64. The van der Waals surface area contributed by atoms with Crippen molar-refractivity contribution in [1.29, 1.82) is 0 Å². The fourth-order valence-corrected chi connectivity index (χ4v) is 3.46. The third-order valence-corrected chi connectivity index (χ3v) is 4.90. The number of benzene rings is 1. The number of hydrogen-bond donors (Lipinski definition) is 3. The number of primary amides is 1. The van der Waals surface area contributed by atoms with Crippen LogP contribution >= 0.6 is 11.6 Å². The molecule has 2 heterocycles. The molecule has 142 valence electrons. The second-order valence-corrected chi connectivity index (χ2v) is 6.96. The molecule has 2 aromatic rings. The lowest BCUT2D eigenvalue weighted by atomic mass is 9.95. The Morgan fingerprint density at radius 3 is 2.70 bits per heavy atom. The van der Waals surface area contributed by atoms with Crippen LogP contribution in [0.2, 0.25) is 5.02 Å². The minimum absolute atomic E-state index is 0.0578. The van der Waals surface area contributed by atoms with Gasteiger partial charge in [-0.1, -0.05) is 11.6 Å². The maximum Gasteiger partial charge on any atom is 0.349 e. The first-order valence-electron chi connectivity index (χ1n) is 8.63. The number of aryl methyl sites for hydroxylation is 1. The monoisotopic (exact) mass is 389 g/mol. The van der Waals surface area contributed by atoms with Crippen LogP contribution in [0.3, 0.4) is 0 Å². The van der Waals surface area contributed by atoms with Gasteiger partial charge in [-0.25, -0.2) is 4.79 Å². The summed E-state index contributed by atoms with van der Waals surface area (Å²) in [4.78, 5) is 36.2. The molecule has 0 aliphatic carbocycles. The summed E-state index contributed by atoms with van der Waals surface area (Å²) in [5.41, 5.74) is 5.51. The minimum Gasteiger partial charge on any atom is -0.427 e. The van der Waals surface area contributed by atoms with Gasteiger partial charge >= 0.3 is 5.63 Å². The second-order valence-electron chi connectivity index (χ2n) is 6.55. The van der Waals surface area contributed by atoms with Crippen LogP contribution in [-0.2, 0) is 0 Å². The maximum absolute atomic E-state index is 12.6. The number of rotatable bonds is 4. The zero-order valence-electron chi connectivity index (χ0n) is 14.8. The molecular formula is C19H20ClN3O4. The lowest BCUT2D eigenvalue weighted by Crippen LogP contribution is -2.30. The molecule has 1 atom stereocenters. The van der Waals surface area contributed by atoms with E-state index in [1.807, 2.05) is 0 Å². The number of halogens is 1. The van der Waals surface area contributed by atoms with E-state index in [0.717, 1.165) is 25.9 Å². The SMILES string of the molecule is Cc1cc(C2CCCNC2)oc(=O)c1C(=O)Nc1ccc(C(N)=O)c(Cl)c1. The number of piperidine rings is 1. The summed E-state index contributed by atoms with van der Waals surface area (Å²) in [5, 5.41) is 5.99. The van der Waals surface area contributed by atoms with Gasteiger partial charge < -0.3 is 20.8 Å². The number of nitrogens with one attached hydrogen (secondary N) is 2. The van der Waals surface area contributed by atoms with Crippen molar-refractivity contribution >= 4 is 29.1 Å². The lowest BCUT2D eigenvalue weighted by Gasteiger charge is -2.22. The van der Waals surface area contributed by atoms with E-state index in [2.05, 4.69) is 10.6 Å². The molecule has 1 aliphatic rings. The topological polar surface area (TPSA) is 114 Å². The van der Waals surface area contributed by atoms with Gasteiger partial charge in [-0.2, -0.15) is 0 Å². The van der Waals surface area contributed by atoms with Crippen molar-refractivity contribution in [3.05, 3.63) is 62.2 Å². The highest BCUT2D eigenvalue weighted by molar-refractivity contribution is 6.34. The molecule has 1 aromatic carbocycles. The van der Waals surface area contributed by atoms with E-state index in [1.165, 1.54) is 18.2 Å². The van der Waals surface area contributed by atoms with Crippen LogP contribution in [0, 0.1) is 6.92 Å². The fraction of sp³-hybridized carbons (Fsp3) is 0.316. The Balaban J connectivity index is 1.83. The Kier molecular flexibility index (Phi) is 5.62. The molecule has 0 bridgehead atoms. The third kappa shape index (κ3) is 4.20. The zero-order chi connectivity index (χ0) is 19.6. The first-order chi connectivity index (χ1) is 12.9. The largest absolute Gasteiger partial charge is 0.427 e. The molecule has 3 rings (SSSR count). The average Bonchev–Trinajstić information content (AvgIpc) is 2.61. The van der Waals surface area contributed by atoms with Crippen molar-refractivity contribution in [3.63, 3.8) is 0 Å². The summed E-state index contributed by atoms with van der Waals surface area (Å²) >= 11 is 5.98. The van der Waals surface area contributed by atoms with Gasteiger partial charge in [0.05, 0.1) is 10.6 Å². The third-order valence-electron chi connectivity index (χ3n) is 4.59. The molecule has 0 spiro atoms. The molecule has 27 heavy (non-hydrogen) atoms. The fourth-order valence-electron chi connectivity index (χ4n) is 3.19. The molecule has 2 amide bonds. The highest BCUT2D eigenvalue weighted by Crippen LogP contribution is 2.24. The number of nitrogens with two attached hydrogens (primary N) is 1. The summed E-state index contributed by atoms with van der Waals surface area (Å²) in [6.45, 7) is 3.41. The standard InChI is InChI=1S/C19H20ClN3O4/c1-10-7-15(11-3-2-6-22-9-11)27-19(26)16(10)18(25)23-12-4-5-13(17(21)24)14(20)8-12/h4-5,7-8,11,22H,2-3,6,9H2,1H3,(H2,21,24)(H,23,25). The lowest BCUT2D eigenvalue weighted by molar-refractivity contribution is 0.0997. The second kappa shape index (κ2) is 7.94. The number of amides is 2. The molecule has 7 nitrogen and oxygen atoms in total. The quantitative estimate of drug-likeness (QED) is 0.742. The van der Waals surface area contributed by atoms with Gasteiger partial charge in [0.2, 0.25) is 5.91 Å². The summed E-state index contributed by atoms with van der Waals surface area (Å²) in [6.07, 6.45) is 1.95. The summed E-state index contributed by atoms with van der Waals surface area (Å²) in [5.74, 6) is -0.544. The van der Waals surface area contributed by atoms with E-state index < -0.39 is 17.4 Å². The van der Waals surface area contributed by atoms with Gasteiger partial charge in [0, 0.05) is 18.2 Å². The van der Waals surface area contributed by atoms with Crippen molar-refractivity contribution in [2.75, 3.05) is 18.4 Å². The van der Waals surface area contributed by atoms with Crippen LogP contribution in [0.15, 0.2) is 33.5 Å². The Morgan fingerprint density at radius 2 is 2.11 bits per heavy atom. The smallest absolute Gasteiger partial charge is 0.349 e. The van der Waals surface area contributed by atoms with Crippen LogP contribution in [0.5, 0.6) is 0 Å². The molecule has 1 aromatic heterocycles. The molecular weight excluding hydrogens is 370 g/mol. The van der Waals surface area contributed by atoms with Gasteiger partial charge in [-0.15, -0.1) is 0 Å². The van der Waals surface area contributed by atoms with Gasteiger partial charge in [0.25, 0.3) is 5.91 Å². The molecule has 1 aliphatic heterocycles. The summed E-state index contributed by atoms with van der Waals surface area (Å²) in [6, 6.07) is 6.05. The van der Waals surface area contributed by atoms with Crippen LogP contribution in [0.1, 0.15) is 50.8 Å². The van der Waals surface area contributed by atoms with Crippen molar-refractivity contribution < 1.29 is 14.0 Å². The van der Waals surface area contributed by atoms with E-state index >= 15 is 0 Å². The Bertz CT molecular complexity index is 948. The highest BCUT2D eigenvalue weighted by Gasteiger charge is 2.22. The number of carbonyl (C=O) groups excluding carboxylic acids is 2. The van der Waals surface area contributed by atoms with Crippen molar-refractivity contribution in [2.45, 2.75) is 25.7 Å². The van der Waals surface area contributed by atoms with Crippen LogP contribution in [0.25, 0.3) is 0 Å². The van der Waals surface area contributed by atoms with Crippen molar-refractivity contribution in [2.24, 2.45) is 5.73 Å². The predicted molar refractivity (Wildman–Crippen MR) is 102 cm³/mol. The first kappa shape index (κ1) is 19.1. The van der Waals surface area contributed by atoms with Gasteiger partial charge in [0.1, 0.15) is 11.3 Å². The zero-order valence-corrected chi connectivity index (χ0v) is 15.6. The molecule has 0 saturated carbocycles. The molecule has 4 N–H and O–H groups in total. The number of carbonyl (C=O) groups is 2. The van der Waals surface area contributed by atoms with Crippen LogP contribution < -0.4 is 22.0 Å². The van der Waals surface area contributed by atoms with E-state index in [-0.39, 0.29) is 22.1 Å². The minimum atomic E-state index is -0.673. The first-order valence-corrected chi connectivity index (χ1v) is 9.00. The Morgan fingerprint density at radius 1 is 1.33 bits per heavy atom. The van der Waals surface area contributed by atoms with E-state index in [4.69, 9.17) is 21.8 Å². The molecule has 1 unspecified atom stereocenters. The summed E-state index contributed by atoms with van der Waals surface area (Å²) in [7, 11) is 0. The molecule has 0 radical (unpaired) electrons. The highest BCUT2D eigenvalue weighted by atomic mass is 35.5. The molecule has 1 saturated heterocycles. The number of anilines is 1. The molecule has 1 fully saturated rings. The van der Waals surface area contributed by atoms with Crippen molar-refractivity contribution in [1.82, 2.24) is 5.32 Å². The van der Waals surface area contributed by atoms with Crippen molar-refractivity contribution in [3.8, 4) is 0 Å². The van der Waals surface area contributed by atoms with Crippen LogP contribution in [0.4, 0.5) is 5.69 Å². The number of hydrogen-bond acceptors (Lipinski definition) is 5. The maximum atomic E-state index is 12.6. The van der Waals surface area contributed by atoms with E-state index in [9.17, 15) is 14.4 Å². The Labute approximate surface area is 160 Å². The predicted octanol–water partition coefficient (Wildman–Crippen LogP) is 2.42. The summed E-state index contributed by atoms with van der Waals surface area (Å²) < 4.78 is 5.42.